The van der Waals surface area contributed by atoms with Crippen LogP contribution in [0.15, 0.2) is 41.3 Å². The summed E-state index contributed by atoms with van der Waals surface area (Å²) in [6, 6.07) is 8.90. The fraction of sp³-hybridized carbons (Fsp3) is 0.440. The van der Waals surface area contributed by atoms with E-state index in [0.717, 1.165) is 6.42 Å². The number of hydrogen-bond acceptors (Lipinski definition) is 7. The normalized spacial score (nSPS) is 12.9. The fourth-order valence-electron chi connectivity index (χ4n) is 3.67. The number of hydrogen-bond donors (Lipinski definition) is 3. The number of carbonyl (C=O) groups excluding carboxylic acids is 1. The second kappa shape index (κ2) is 14.0. The first-order valence-corrected chi connectivity index (χ1v) is 12.8. The number of ketones is 1. The quantitative estimate of drug-likeness (QED) is 0.209. The van der Waals surface area contributed by atoms with Gasteiger partial charge in [0.2, 0.25) is 0 Å². The third kappa shape index (κ3) is 8.61. The molecule has 0 amide bonds. The van der Waals surface area contributed by atoms with Crippen LogP contribution < -0.4 is 4.74 Å². The van der Waals surface area contributed by atoms with Crippen LogP contribution >= 0.6 is 0 Å². The van der Waals surface area contributed by atoms with Gasteiger partial charge in [-0.05, 0) is 55.5 Å². The molecule has 0 radical (unpaired) electrons. The average Bonchev–Trinajstić information content (AvgIpc) is 2.77. The van der Waals surface area contributed by atoms with Crippen molar-refractivity contribution in [3.05, 3.63) is 53.1 Å². The van der Waals surface area contributed by atoms with Crippen LogP contribution in [0.2, 0.25) is 0 Å². The molecule has 0 saturated heterocycles. The van der Waals surface area contributed by atoms with Crippen molar-refractivity contribution in [3.8, 4) is 11.5 Å². The molecule has 35 heavy (non-hydrogen) atoms. The topological polar surface area (TPSA) is 138 Å². The number of ether oxygens (including phenoxy) is 1. The van der Waals surface area contributed by atoms with E-state index in [9.17, 15) is 28.2 Å². The fourth-order valence-corrected chi connectivity index (χ4v) is 4.95. The molecule has 0 fully saturated rings. The number of carbonyl (C=O) groups is 2. The first-order valence-electron chi connectivity index (χ1n) is 11.2. The van der Waals surface area contributed by atoms with Crippen LogP contribution in [-0.4, -0.2) is 77.4 Å². The van der Waals surface area contributed by atoms with E-state index in [1.54, 1.807) is 13.0 Å². The van der Waals surface area contributed by atoms with E-state index in [-0.39, 0.29) is 76.8 Å². The molecule has 0 bridgehead atoms. The van der Waals surface area contributed by atoms with Gasteiger partial charge in [0.1, 0.15) is 11.5 Å². The second-order valence-corrected chi connectivity index (χ2v) is 10.5. The number of carboxylic acid groups (broad SMARTS) is 1. The number of phenolic OH excluding ortho intramolecular Hbond substituents is 1. The molecule has 3 N–H and O–H groups in total. The van der Waals surface area contributed by atoms with Crippen molar-refractivity contribution in [3.63, 3.8) is 0 Å². The van der Waals surface area contributed by atoms with Gasteiger partial charge < -0.3 is 20.1 Å². The Kier molecular flexibility index (Phi) is 12.4. The summed E-state index contributed by atoms with van der Waals surface area (Å²) in [6.07, 6.45) is 0.257. The first-order chi connectivity index (χ1) is 16.0. The van der Waals surface area contributed by atoms with Crippen molar-refractivity contribution in [1.29, 1.82) is 0 Å². The van der Waals surface area contributed by atoms with Crippen LogP contribution in [0.4, 0.5) is 0 Å². The van der Waals surface area contributed by atoms with Gasteiger partial charge in [-0.3, -0.25) is 9.59 Å². The number of rotatable bonds is 13. The molecule has 0 aromatic heterocycles. The molecule has 8 nitrogen and oxygen atoms in total. The molecule has 0 heterocycles. The molecule has 10 heteroatoms. The molecule has 2 aromatic carbocycles. The van der Waals surface area contributed by atoms with Gasteiger partial charge in [0.05, 0.1) is 35.3 Å². The molecule has 0 aliphatic rings. The molecule has 2 aromatic rings. The van der Waals surface area contributed by atoms with E-state index >= 15 is 0 Å². The molecule has 2 rings (SSSR count). The van der Waals surface area contributed by atoms with Gasteiger partial charge in [-0.15, -0.1) is 0 Å². The van der Waals surface area contributed by atoms with Crippen LogP contribution in [0.1, 0.15) is 67.6 Å². The predicted molar refractivity (Wildman–Crippen MR) is 134 cm³/mol. The Morgan fingerprint density at radius 1 is 1.09 bits per heavy atom. The van der Waals surface area contributed by atoms with Crippen molar-refractivity contribution in [2.75, 3.05) is 12.4 Å². The minimum absolute atomic E-state index is 0. The standard InChI is InChI=1S/C25H32O8S.Na.H/c1-4-6-21-22(12-11-20(17(3)26)25(21)30)33-13-5-14-34(31,32)19-9-7-18(8-10-19)24(29)16(2)15-23(27)28;;/h7-12,16,24,29-30H,4-6,13-15H2,1-3H3,(H,27,28);;. The number of sulfone groups is 1. The summed E-state index contributed by atoms with van der Waals surface area (Å²) in [6.45, 7) is 5.04. The number of aliphatic hydroxyl groups is 1. The van der Waals surface area contributed by atoms with Crippen molar-refractivity contribution in [1.82, 2.24) is 0 Å². The monoisotopic (exact) mass is 516 g/mol. The maximum atomic E-state index is 12.7. The van der Waals surface area contributed by atoms with Crippen LogP contribution in [0.25, 0.3) is 0 Å². The number of aliphatic carboxylic acids is 1. The Balaban J connectivity index is 0.00000612. The molecule has 0 spiro atoms. The summed E-state index contributed by atoms with van der Waals surface area (Å²) in [4.78, 5) is 22.6. The number of phenols is 1. The molecule has 0 saturated carbocycles. The number of benzene rings is 2. The summed E-state index contributed by atoms with van der Waals surface area (Å²) in [5, 5.41) is 29.5. The third-order valence-corrected chi connectivity index (χ3v) is 7.37. The summed E-state index contributed by atoms with van der Waals surface area (Å²) in [7, 11) is -3.59. The Morgan fingerprint density at radius 2 is 1.71 bits per heavy atom. The summed E-state index contributed by atoms with van der Waals surface area (Å²) >= 11 is 0. The number of aliphatic hydroxyl groups excluding tert-OH is 1. The van der Waals surface area contributed by atoms with Gasteiger partial charge in [-0.1, -0.05) is 32.4 Å². The summed E-state index contributed by atoms with van der Waals surface area (Å²) in [5.41, 5.74) is 1.21. The van der Waals surface area contributed by atoms with E-state index in [0.29, 0.717) is 23.3 Å². The molecule has 188 valence electrons. The van der Waals surface area contributed by atoms with E-state index in [4.69, 9.17) is 9.84 Å². The van der Waals surface area contributed by atoms with Crippen molar-refractivity contribution >= 4 is 51.1 Å². The Labute approximate surface area is 228 Å². The van der Waals surface area contributed by atoms with Crippen LogP contribution in [0.5, 0.6) is 11.5 Å². The van der Waals surface area contributed by atoms with Crippen molar-refractivity contribution < 1.29 is 38.1 Å². The number of Topliss-reactive ketones (excluding diaryl/α,β-unsaturated/α-hetero) is 1. The Hall–Kier alpha value is -1.91. The maximum absolute atomic E-state index is 12.7. The zero-order valence-electron chi connectivity index (χ0n) is 19.7. The zero-order valence-corrected chi connectivity index (χ0v) is 20.5. The third-order valence-electron chi connectivity index (χ3n) is 5.55. The van der Waals surface area contributed by atoms with Crippen LogP contribution in [-0.2, 0) is 21.1 Å². The molecular weight excluding hydrogens is 483 g/mol. The summed E-state index contributed by atoms with van der Waals surface area (Å²) < 4.78 is 31.1. The predicted octanol–water partition coefficient (Wildman–Crippen LogP) is 3.29. The second-order valence-electron chi connectivity index (χ2n) is 8.35. The van der Waals surface area contributed by atoms with Gasteiger partial charge >= 0.3 is 35.5 Å². The van der Waals surface area contributed by atoms with Gasteiger partial charge in [0.15, 0.2) is 15.6 Å². The number of carboxylic acids is 1. The molecule has 0 aliphatic carbocycles. The van der Waals surface area contributed by atoms with Crippen molar-refractivity contribution in [2.24, 2.45) is 5.92 Å². The van der Waals surface area contributed by atoms with E-state index in [1.165, 1.54) is 37.3 Å². The molecule has 0 aliphatic heterocycles. The molecule has 2 unspecified atom stereocenters. The minimum atomic E-state index is -3.59. The van der Waals surface area contributed by atoms with E-state index in [1.807, 2.05) is 6.92 Å². The Bertz CT molecular complexity index is 1110. The van der Waals surface area contributed by atoms with E-state index in [2.05, 4.69) is 0 Å². The van der Waals surface area contributed by atoms with Crippen molar-refractivity contribution in [2.45, 2.75) is 57.5 Å². The average molecular weight is 517 g/mol. The zero-order chi connectivity index (χ0) is 25.5. The van der Waals surface area contributed by atoms with Gasteiger partial charge in [-0.2, -0.15) is 0 Å². The van der Waals surface area contributed by atoms with Crippen LogP contribution in [0, 0.1) is 5.92 Å². The van der Waals surface area contributed by atoms with E-state index < -0.39 is 27.8 Å². The SMILES string of the molecule is CCCc1c(OCCCS(=O)(=O)c2ccc(C(O)C(C)CC(=O)O)cc2)ccc(C(C)=O)c1O.[NaH]. The molecular formula is C25H33NaO8S. The van der Waals surface area contributed by atoms with Gasteiger partial charge in [-0.25, -0.2) is 8.42 Å². The van der Waals surface area contributed by atoms with Gasteiger partial charge in [0.25, 0.3) is 0 Å². The summed E-state index contributed by atoms with van der Waals surface area (Å²) in [5.74, 6) is -1.61. The van der Waals surface area contributed by atoms with Gasteiger partial charge in [0, 0.05) is 5.56 Å². The number of aromatic hydroxyl groups is 1. The first kappa shape index (κ1) is 31.1. The van der Waals surface area contributed by atoms with Crippen LogP contribution in [0.3, 0.4) is 0 Å². The Morgan fingerprint density at radius 3 is 2.26 bits per heavy atom. The molecule has 2 atom stereocenters.